The monoisotopic (exact) mass is 161 g/mol. The van der Waals surface area contributed by atoms with Gasteiger partial charge in [0.05, 0.1) is 6.61 Å². The molecule has 10 heavy (non-hydrogen) atoms. The summed E-state index contributed by atoms with van der Waals surface area (Å²) >= 11 is 0. The number of rotatable bonds is 5. The number of allylic oxidation sites excluding steroid dienone is 2. The maximum Gasteiger partial charge on any atom is 0.508 e. The van der Waals surface area contributed by atoms with E-state index in [1.54, 1.807) is 0 Å². The van der Waals surface area contributed by atoms with Crippen LogP contribution in [0.15, 0.2) is 12.2 Å². The molecule has 1 unspecified atom stereocenters. The summed E-state index contributed by atoms with van der Waals surface area (Å²) < 4.78 is 15.7. The zero-order valence-corrected chi connectivity index (χ0v) is 7.43. The minimum atomic E-state index is -1.39. The minimum absolute atomic E-state index is 0.547. The molecule has 0 rings (SSSR count). The van der Waals surface area contributed by atoms with Crippen LogP contribution < -0.4 is 0 Å². The van der Waals surface area contributed by atoms with Crippen molar-refractivity contribution >= 4 is 8.03 Å². The summed E-state index contributed by atoms with van der Waals surface area (Å²) in [4.78, 5) is 0. The van der Waals surface area contributed by atoms with E-state index in [0.717, 1.165) is 6.42 Å². The summed E-state index contributed by atoms with van der Waals surface area (Å²) in [6.45, 7) is 4.35. The van der Waals surface area contributed by atoms with Gasteiger partial charge in [-0.25, -0.2) is 0 Å². The zero-order chi connectivity index (χ0) is 7.82. The van der Waals surface area contributed by atoms with Gasteiger partial charge in [-0.1, -0.05) is 12.2 Å². The molecule has 1 atom stereocenters. The van der Waals surface area contributed by atoms with Crippen molar-refractivity contribution in [1.29, 1.82) is 0 Å². The normalized spacial score (nSPS) is 12.4. The number of hydrogen-bond acceptors (Lipinski definition) is 2. The SMILES string of the molecule is CC=CCC[P+](=O)OCC. The van der Waals surface area contributed by atoms with Gasteiger partial charge in [-0.2, -0.15) is 0 Å². The van der Waals surface area contributed by atoms with Crippen molar-refractivity contribution in [2.45, 2.75) is 20.3 Å². The Balaban J connectivity index is 3.21. The quantitative estimate of drug-likeness (QED) is 0.457. The first-order valence-corrected chi connectivity index (χ1v) is 4.86. The molecule has 0 aromatic heterocycles. The maximum absolute atomic E-state index is 10.8. The minimum Gasteiger partial charge on any atom is -0.147 e. The maximum atomic E-state index is 10.8. The van der Waals surface area contributed by atoms with Crippen LogP contribution in [0.2, 0.25) is 0 Å². The molecule has 3 heteroatoms. The van der Waals surface area contributed by atoms with Crippen molar-refractivity contribution in [3.8, 4) is 0 Å². The molecule has 0 aromatic carbocycles. The summed E-state index contributed by atoms with van der Waals surface area (Å²) in [5.41, 5.74) is 0. The highest BCUT2D eigenvalue weighted by atomic mass is 31.1. The Hall–Kier alpha value is -0.200. The Labute approximate surface area is 63.1 Å². The van der Waals surface area contributed by atoms with Crippen LogP contribution in [0.4, 0.5) is 0 Å². The summed E-state index contributed by atoms with van der Waals surface area (Å²) in [5, 5.41) is 0. The van der Waals surface area contributed by atoms with Crippen LogP contribution in [0.3, 0.4) is 0 Å². The topological polar surface area (TPSA) is 26.3 Å². The van der Waals surface area contributed by atoms with Gasteiger partial charge in [0.2, 0.25) is 0 Å². The van der Waals surface area contributed by atoms with E-state index < -0.39 is 8.03 Å². The third-order valence-corrected chi connectivity index (χ3v) is 2.16. The molecule has 0 spiro atoms. The highest BCUT2D eigenvalue weighted by Crippen LogP contribution is 2.22. The van der Waals surface area contributed by atoms with Gasteiger partial charge in [-0.3, -0.25) is 0 Å². The summed E-state index contributed by atoms with van der Waals surface area (Å²) in [7, 11) is -1.39. The highest BCUT2D eigenvalue weighted by molar-refractivity contribution is 7.39. The predicted molar refractivity (Wildman–Crippen MR) is 43.5 cm³/mol. The van der Waals surface area contributed by atoms with Crippen LogP contribution in [-0.2, 0) is 9.09 Å². The molecule has 0 fully saturated rings. The standard InChI is InChI=1S/C7H14O2P/c1-3-5-6-7-10(8)9-4-2/h3,5H,4,6-7H2,1-2H3/q+1. The summed E-state index contributed by atoms with van der Waals surface area (Å²) in [6, 6.07) is 0. The lowest BCUT2D eigenvalue weighted by Gasteiger charge is -1.81. The lowest BCUT2D eigenvalue weighted by molar-refractivity contribution is 0.350. The molecule has 0 aliphatic heterocycles. The van der Waals surface area contributed by atoms with Crippen molar-refractivity contribution in [1.82, 2.24) is 0 Å². The molecule has 0 amide bonds. The van der Waals surface area contributed by atoms with Crippen LogP contribution in [0.25, 0.3) is 0 Å². The van der Waals surface area contributed by atoms with Crippen molar-refractivity contribution < 1.29 is 9.09 Å². The van der Waals surface area contributed by atoms with E-state index in [9.17, 15) is 4.57 Å². The van der Waals surface area contributed by atoms with E-state index in [1.807, 2.05) is 26.0 Å². The van der Waals surface area contributed by atoms with Gasteiger partial charge in [0.15, 0.2) is 6.16 Å². The van der Waals surface area contributed by atoms with Gasteiger partial charge in [-0.15, -0.1) is 4.52 Å². The first-order valence-electron chi connectivity index (χ1n) is 3.50. The molecule has 0 aromatic rings. The molecule has 0 aliphatic rings. The average Bonchev–Trinajstić information content (AvgIpc) is 1.89. The molecule has 58 valence electrons. The van der Waals surface area contributed by atoms with E-state index in [-0.39, 0.29) is 0 Å². The average molecular weight is 161 g/mol. The Morgan fingerprint density at radius 2 is 2.30 bits per heavy atom. The molecule has 0 saturated heterocycles. The molecule has 0 aliphatic carbocycles. The fourth-order valence-electron chi connectivity index (χ4n) is 0.555. The van der Waals surface area contributed by atoms with E-state index in [1.165, 1.54) is 0 Å². The van der Waals surface area contributed by atoms with Crippen molar-refractivity contribution in [3.05, 3.63) is 12.2 Å². The van der Waals surface area contributed by atoms with E-state index >= 15 is 0 Å². The third kappa shape index (κ3) is 5.93. The predicted octanol–water partition coefficient (Wildman–Crippen LogP) is 2.73. The van der Waals surface area contributed by atoms with Crippen molar-refractivity contribution in [3.63, 3.8) is 0 Å². The zero-order valence-electron chi connectivity index (χ0n) is 6.54. The van der Waals surface area contributed by atoms with E-state index in [4.69, 9.17) is 4.52 Å². The van der Waals surface area contributed by atoms with E-state index in [2.05, 4.69) is 0 Å². The fraction of sp³-hybridized carbons (Fsp3) is 0.714. The second-order valence-electron chi connectivity index (χ2n) is 1.83. The van der Waals surface area contributed by atoms with Crippen LogP contribution in [0.5, 0.6) is 0 Å². The largest absolute Gasteiger partial charge is 0.508 e. The summed E-state index contributed by atoms with van der Waals surface area (Å²) in [5.74, 6) is 0. The second kappa shape index (κ2) is 6.91. The molecule has 0 saturated carbocycles. The smallest absolute Gasteiger partial charge is 0.147 e. The Morgan fingerprint density at radius 1 is 1.60 bits per heavy atom. The molecule has 2 nitrogen and oxygen atoms in total. The van der Waals surface area contributed by atoms with Gasteiger partial charge in [0, 0.05) is 6.42 Å². The van der Waals surface area contributed by atoms with Crippen molar-refractivity contribution in [2.75, 3.05) is 12.8 Å². The van der Waals surface area contributed by atoms with Crippen molar-refractivity contribution in [2.24, 2.45) is 0 Å². The third-order valence-electron chi connectivity index (χ3n) is 0.987. The lowest BCUT2D eigenvalue weighted by atomic mass is 10.4. The molecule has 0 bridgehead atoms. The second-order valence-corrected chi connectivity index (χ2v) is 3.20. The first kappa shape index (κ1) is 9.80. The van der Waals surface area contributed by atoms with Crippen LogP contribution in [0.1, 0.15) is 20.3 Å². The Bertz CT molecular complexity index is 121. The molecule has 0 N–H and O–H groups in total. The number of hydrogen-bond donors (Lipinski definition) is 0. The highest BCUT2D eigenvalue weighted by Gasteiger charge is 2.12. The molecule has 0 radical (unpaired) electrons. The Kier molecular flexibility index (Phi) is 6.78. The van der Waals surface area contributed by atoms with Crippen LogP contribution in [0, 0.1) is 0 Å². The molecular formula is C7H14O2P+. The van der Waals surface area contributed by atoms with Gasteiger partial charge in [-0.05, 0) is 18.4 Å². The molecule has 0 heterocycles. The molecular weight excluding hydrogens is 147 g/mol. The van der Waals surface area contributed by atoms with E-state index in [0.29, 0.717) is 12.8 Å². The lowest BCUT2D eigenvalue weighted by Crippen LogP contribution is -1.81. The van der Waals surface area contributed by atoms with Crippen LogP contribution >= 0.6 is 8.03 Å². The van der Waals surface area contributed by atoms with Gasteiger partial charge in [0.1, 0.15) is 0 Å². The van der Waals surface area contributed by atoms with Gasteiger partial charge >= 0.3 is 8.03 Å². The van der Waals surface area contributed by atoms with Crippen LogP contribution in [-0.4, -0.2) is 12.8 Å². The first-order chi connectivity index (χ1) is 4.81. The van der Waals surface area contributed by atoms with Gasteiger partial charge < -0.3 is 0 Å². The van der Waals surface area contributed by atoms with Gasteiger partial charge in [0.25, 0.3) is 0 Å². The Morgan fingerprint density at radius 3 is 2.80 bits per heavy atom. The fourth-order valence-corrected chi connectivity index (χ4v) is 1.33. The summed E-state index contributed by atoms with van der Waals surface area (Å²) in [6.07, 6.45) is 5.45.